The predicted molar refractivity (Wildman–Crippen MR) is 73.6 cm³/mol. The van der Waals surface area contributed by atoms with Gasteiger partial charge in [0.15, 0.2) is 0 Å². The van der Waals surface area contributed by atoms with Crippen LogP contribution in [0, 0.1) is 5.82 Å². The Morgan fingerprint density at radius 3 is 2.45 bits per heavy atom. The van der Waals surface area contributed by atoms with E-state index >= 15 is 0 Å². The van der Waals surface area contributed by atoms with Crippen molar-refractivity contribution in [3.8, 4) is 5.75 Å². The lowest BCUT2D eigenvalue weighted by atomic mass is 10.1. The van der Waals surface area contributed by atoms with Gasteiger partial charge >= 0.3 is 0 Å². The number of halogens is 1. The summed E-state index contributed by atoms with van der Waals surface area (Å²) < 4.78 is 19.1. The highest BCUT2D eigenvalue weighted by molar-refractivity contribution is 5.92. The van der Waals surface area contributed by atoms with E-state index < -0.39 is 5.91 Å². The third-order valence-electron chi connectivity index (χ3n) is 2.88. The molecule has 20 heavy (non-hydrogen) atoms. The minimum absolute atomic E-state index is 0.0928. The number of ether oxygens (including phenoxy) is 1. The molecule has 2 aromatic rings. The number of carbonyl (C=O) groups is 1. The number of hydrogen-bond acceptors (Lipinski definition) is 3. The lowest BCUT2D eigenvalue weighted by Gasteiger charge is -2.09. The molecule has 0 aliphatic carbocycles. The molecular weight excluding hydrogens is 259 g/mol. The van der Waals surface area contributed by atoms with Gasteiger partial charge in [0.2, 0.25) is 5.91 Å². The van der Waals surface area contributed by atoms with Crippen molar-refractivity contribution < 1.29 is 13.9 Å². The average Bonchev–Trinajstić information content (AvgIpc) is 2.47. The van der Waals surface area contributed by atoms with E-state index in [2.05, 4.69) is 0 Å². The molecule has 0 aliphatic rings. The summed E-state index contributed by atoms with van der Waals surface area (Å²) in [5.74, 6) is -0.304. The van der Waals surface area contributed by atoms with E-state index in [-0.39, 0.29) is 12.4 Å². The molecule has 0 fully saturated rings. The number of carbonyl (C=O) groups excluding carboxylic acids is 1. The van der Waals surface area contributed by atoms with Gasteiger partial charge in [-0.15, -0.1) is 0 Å². The maximum Gasteiger partial charge on any atom is 0.248 e. The zero-order chi connectivity index (χ0) is 14.5. The van der Waals surface area contributed by atoms with Crippen LogP contribution < -0.4 is 16.2 Å². The molecule has 104 valence electrons. The van der Waals surface area contributed by atoms with Crippen molar-refractivity contribution in [2.24, 2.45) is 11.5 Å². The first-order chi connectivity index (χ1) is 9.60. The van der Waals surface area contributed by atoms with E-state index in [0.717, 1.165) is 5.56 Å². The van der Waals surface area contributed by atoms with Gasteiger partial charge in [-0.25, -0.2) is 4.39 Å². The van der Waals surface area contributed by atoms with E-state index in [4.69, 9.17) is 16.2 Å². The Kier molecular flexibility index (Phi) is 4.32. The van der Waals surface area contributed by atoms with Crippen LogP contribution >= 0.6 is 0 Å². The van der Waals surface area contributed by atoms with Gasteiger partial charge in [0.1, 0.15) is 18.2 Å². The molecule has 2 aromatic carbocycles. The zero-order valence-electron chi connectivity index (χ0n) is 10.8. The first kappa shape index (κ1) is 14.0. The molecule has 0 saturated heterocycles. The summed E-state index contributed by atoms with van der Waals surface area (Å²) in [5, 5.41) is 0. The second-order valence-electron chi connectivity index (χ2n) is 4.31. The SMILES string of the molecule is NCc1ccc(F)c(COc2ccc(C(N)=O)cc2)c1. The minimum atomic E-state index is -0.502. The van der Waals surface area contributed by atoms with Gasteiger partial charge in [0, 0.05) is 17.7 Å². The number of amides is 1. The van der Waals surface area contributed by atoms with Crippen molar-refractivity contribution in [1.82, 2.24) is 0 Å². The van der Waals surface area contributed by atoms with E-state index in [1.807, 2.05) is 0 Å². The summed E-state index contributed by atoms with van der Waals surface area (Å²) in [7, 11) is 0. The summed E-state index contributed by atoms with van der Waals surface area (Å²) in [6, 6.07) is 11.0. The lowest BCUT2D eigenvalue weighted by molar-refractivity contribution is 0.100. The molecule has 4 N–H and O–H groups in total. The van der Waals surface area contributed by atoms with E-state index in [1.54, 1.807) is 36.4 Å². The van der Waals surface area contributed by atoms with Gasteiger partial charge in [0.05, 0.1) is 0 Å². The van der Waals surface area contributed by atoms with Crippen LogP contribution in [-0.2, 0) is 13.2 Å². The van der Waals surface area contributed by atoms with E-state index in [9.17, 15) is 9.18 Å². The number of rotatable bonds is 5. The highest BCUT2D eigenvalue weighted by Crippen LogP contribution is 2.16. The van der Waals surface area contributed by atoms with Crippen LogP contribution in [0.25, 0.3) is 0 Å². The summed E-state index contributed by atoms with van der Waals surface area (Å²) >= 11 is 0. The summed E-state index contributed by atoms with van der Waals surface area (Å²) in [6.07, 6.45) is 0. The van der Waals surface area contributed by atoms with Crippen molar-refractivity contribution in [2.75, 3.05) is 0 Å². The maximum atomic E-state index is 13.6. The Labute approximate surface area is 116 Å². The molecule has 0 atom stereocenters. The highest BCUT2D eigenvalue weighted by atomic mass is 19.1. The van der Waals surface area contributed by atoms with E-state index in [0.29, 0.717) is 23.4 Å². The Balaban J connectivity index is 2.06. The van der Waals surface area contributed by atoms with Crippen LogP contribution in [0.1, 0.15) is 21.5 Å². The fraction of sp³-hybridized carbons (Fsp3) is 0.133. The summed E-state index contributed by atoms with van der Waals surface area (Å²) in [4.78, 5) is 10.9. The number of primary amides is 1. The first-order valence-corrected chi connectivity index (χ1v) is 6.10. The first-order valence-electron chi connectivity index (χ1n) is 6.10. The fourth-order valence-electron chi connectivity index (χ4n) is 1.74. The minimum Gasteiger partial charge on any atom is -0.489 e. The molecule has 0 radical (unpaired) electrons. The fourth-order valence-corrected chi connectivity index (χ4v) is 1.74. The zero-order valence-corrected chi connectivity index (χ0v) is 10.8. The van der Waals surface area contributed by atoms with Crippen LogP contribution in [-0.4, -0.2) is 5.91 Å². The van der Waals surface area contributed by atoms with Crippen molar-refractivity contribution in [3.63, 3.8) is 0 Å². The largest absolute Gasteiger partial charge is 0.489 e. The molecular formula is C15H15FN2O2. The summed E-state index contributed by atoms with van der Waals surface area (Å²) in [5.41, 5.74) is 12.3. The molecule has 0 aliphatic heterocycles. The standard InChI is InChI=1S/C15H15FN2O2/c16-14-6-1-10(8-17)7-12(14)9-20-13-4-2-11(3-5-13)15(18)19/h1-7H,8-9,17H2,(H2,18,19). The Hall–Kier alpha value is -2.40. The van der Waals surface area contributed by atoms with Crippen molar-refractivity contribution in [1.29, 1.82) is 0 Å². The van der Waals surface area contributed by atoms with Gasteiger partial charge in [-0.2, -0.15) is 0 Å². The second kappa shape index (κ2) is 6.16. The normalized spacial score (nSPS) is 10.3. The molecule has 0 spiro atoms. The topological polar surface area (TPSA) is 78.3 Å². The highest BCUT2D eigenvalue weighted by Gasteiger charge is 2.05. The predicted octanol–water partition coefficient (Wildman–Crippen LogP) is 1.96. The molecule has 0 saturated carbocycles. The Bertz CT molecular complexity index is 612. The quantitative estimate of drug-likeness (QED) is 0.874. The molecule has 1 amide bonds. The second-order valence-corrected chi connectivity index (χ2v) is 4.31. The van der Waals surface area contributed by atoms with Crippen molar-refractivity contribution >= 4 is 5.91 Å². The molecule has 0 aromatic heterocycles. The van der Waals surface area contributed by atoms with Crippen LogP contribution in [0.3, 0.4) is 0 Å². The molecule has 5 heteroatoms. The summed E-state index contributed by atoms with van der Waals surface area (Å²) in [6.45, 7) is 0.441. The lowest BCUT2D eigenvalue weighted by Crippen LogP contribution is -2.10. The number of hydrogen-bond donors (Lipinski definition) is 2. The van der Waals surface area contributed by atoms with Gasteiger partial charge in [-0.3, -0.25) is 4.79 Å². The van der Waals surface area contributed by atoms with Crippen LogP contribution in [0.15, 0.2) is 42.5 Å². The smallest absolute Gasteiger partial charge is 0.248 e. The van der Waals surface area contributed by atoms with E-state index in [1.165, 1.54) is 6.07 Å². The van der Waals surface area contributed by atoms with Gasteiger partial charge < -0.3 is 16.2 Å². The van der Waals surface area contributed by atoms with Crippen molar-refractivity contribution in [3.05, 3.63) is 65.0 Å². The molecule has 0 heterocycles. The monoisotopic (exact) mass is 274 g/mol. The average molecular weight is 274 g/mol. The Morgan fingerprint density at radius 2 is 1.85 bits per heavy atom. The van der Waals surface area contributed by atoms with Crippen LogP contribution in [0.5, 0.6) is 5.75 Å². The maximum absolute atomic E-state index is 13.6. The molecule has 4 nitrogen and oxygen atoms in total. The molecule has 0 unspecified atom stereocenters. The van der Waals surface area contributed by atoms with Gasteiger partial charge in [-0.1, -0.05) is 6.07 Å². The third-order valence-corrected chi connectivity index (χ3v) is 2.88. The van der Waals surface area contributed by atoms with Crippen LogP contribution in [0.2, 0.25) is 0 Å². The number of benzene rings is 2. The van der Waals surface area contributed by atoms with Gasteiger partial charge in [0.25, 0.3) is 0 Å². The molecule has 2 rings (SSSR count). The third kappa shape index (κ3) is 3.33. The van der Waals surface area contributed by atoms with Gasteiger partial charge in [-0.05, 0) is 42.0 Å². The molecule has 0 bridgehead atoms. The number of nitrogens with two attached hydrogens (primary N) is 2. The van der Waals surface area contributed by atoms with Crippen LogP contribution in [0.4, 0.5) is 4.39 Å². The van der Waals surface area contributed by atoms with Crippen molar-refractivity contribution in [2.45, 2.75) is 13.2 Å². The Morgan fingerprint density at radius 1 is 1.15 bits per heavy atom.